The Morgan fingerprint density at radius 2 is 2.15 bits per heavy atom. The maximum Gasteiger partial charge on any atom is 0.241 e. The number of pyridine rings is 1. The van der Waals surface area contributed by atoms with Gasteiger partial charge >= 0.3 is 0 Å². The molecule has 1 aliphatic heterocycles. The lowest BCUT2D eigenvalue weighted by Gasteiger charge is -2.12. The van der Waals surface area contributed by atoms with Crippen LogP contribution in [0, 0.1) is 5.92 Å². The van der Waals surface area contributed by atoms with Crippen molar-refractivity contribution in [2.24, 2.45) is 10.9 Å². The third kappa shape index (κ3) is 2.80. The van der Waals surface area contributed by atoms with Crippen molar-refractivity contribution in [1.82, 2.24) is 19.6 Å². The van der Waals surface area contributed by atoms with E-state index in [1.165, 1.54) is 12.8 Å². The number of hydrogen-bond acceptors (Lipinski definition) is 5. The van der Waals surface area contributed by atoms with Gasteiger partial charge in [-0.05, 0) is 57.2 Å². The van der Waals surface area contributed by atoms with Crippen LogP contribution in [0.3, 0.4) is 0 Å². The van der Waals surface area contributed by atoms with E-state index in [0.717, 1.165) is 46.2 Å². The highest BCUT2D eigenvalue weighted by Gasteiger charge is 2.28. The predicted octanol–water partition coefficient (Wildman–Crippen LogP) is 4.85. The Kier molecular flexibility index (Phi) is 3.74. The first-order valence-corrected chi connectivity index (χ1v) is 9.81. The van der Waals surface area contributed by atoms with Gasteiger partial charge in [-0.1, -0.05) is 6.92 Å². The average Bonchev–Trinajstić information content (AvgIpc) is 3.36. The van der Waals surface area contributed by atoms with Gasteiger partial charge in [0.05, 0.1) is 28.8 Å². The van der Waals surface area contributed by atoms with Crippen LogP contribution in [0.15, 0.2) is 35.6 Å². The molecule has 1 aliphatic carbocycles. The summed E-state index contributed by atoms with van der Waals surface area (Å²) < 4.78 is 1.89. The second-order valence-electron chi connectivity index (χ2n) is 7.73. The molecule has 0 amide bonds. The Bertz CT molecular complexity index is 1050. The van der Waals surface area contributed by atoms with Gasteiger partial charge in [0.2, 0.25) is 5.95 Å². The molecule has 1 unspecified atom stereocenters. The molecule has 27 heavy (non-hydrogen) atoms. The van der Waals surface area contributed by atoms with E-state index in [1.54, 1.807) is 0 Å². The van der Waals surface area contributed by atoms with Crippen molar-refractivity contribution < 1.29 is 1.43 Å². The van der Waals surface area contributed by atoms with Gasteiger partial charge in [0.15, 0.2) is 0 Å². The minimum absolute atomic E-state index is 0. The summed E-state index contributed by atoms with van der Waals surface area (Å²) in [6.07, 6.45) is 7.49. The number of anilines is 1. The molecular formula is C21H26N6. The van der Waals surface area contributed by atoms with Gasteiger partial charge in [-0.25, -0.2) is 14.5 Å². The van der Waals surface area contributed by atoms with Crippen molar-refractivity contribution in [3.05, 3.63) is 36.3 Å². The quantitative estimate of drug-likeness (QED) is 0.705. The van der Waals surface area contributed by atoms with Gasteiger partial charge in [-0.3, -0.25) is 4.99 Å². The Hall–Kier alpha value is -2.76. The summed E-state index contributed by atoms with van der Waals surface area (Å²) in [6, 6.07) is 6.61. The Labute approximate surface area is 160 Å². The molecule has 1 N–H and O–H groups in total. The molecule has 6 heteroatoms. The Balaban J connectivity index is 0.00000192. The Morgan fingerprint density at radius 3 is 2.93 bits per heavy atom. The SMILES string of the molecule is CCC1C(C)=Nc2ccc(-c3ccn4nc(N[C@@H](C)C5CC5)ncc34)nc21.[HH]. The lowest BCUT2D eigenvalue weighted by atomic mass is 9.98. The van der Waals surface area contributed by atoms with E-state index >= 15 is 0 Å². The molecule has 2 atom stereocenters. The van der Waals surface area contributed by atoms with Crippen molar-refractivity contribution in [2.45, 2.75) is 52.0 Å². The van der Waals surface area contributed by atoms with Crippen LogP contribution in [-0.4, -0.2) is 31.3 Å². The second-order valence-corrected chi connectivity index (χ2v) is 7.73. The summed E-state index contributed by atoms with van der Waals surface area (Å²) >= 11 is 0. The van der Waals surface area contributed by atoms with Crippen LogP contribution < -0.4 is 5.32 Å². The van der Waals surface area contributed by atoms with Crippen molar-refractivity contribution in [3.8, 4) is 11.3 Å². The van der Waals surface area contributed by atoms with Crippen molar-refractivity contribution in [3.63, 3.8) is 0 Å². The fourth-order valence-corrected chi connectivity index (χ4v) is 4.02. The molecule has 0 saturated heterocycles. The molecule has 140 valence electrons. The fraction of sp³-hybridized carbons (Fsp3) is 0.429. The van der Waals surface area contributed by atoms with Crippen LogP contribution in [0.5, 0.6) is 0 Å². The van der Waals surface area contributed by atoms with Crippen LogP contribution in [0.25, 0.3) is 16.8 Å². The van der Waals surface area contributed by atoms with Gasteiger partial charge in [0.1, 0.15) is 0 Å². The molecular weight excluding hydrogens is 336 g/mol. The van der Waals surface area contributed by atoms with E-state index in [2.05, 4.69) is 53.3 Å². The third-order valence-electron chi connectivity index (χ3n) is 5.82. The van der Waals surface area contributed by atoms with E-state index in [-0.39, 0.29) is 1.43 Å². The zero-order valence-corrected chi connectivity index (χ0v) is 16.0. The standard InChI is InChI=1S/C21H24N6.H2/c1-4-15-13(3)23-18-8-7-17(25-20(15)18)16-9-10-27-19(16)11-22-21(26-27)24-12(2)14-5-6-14;/h7-12,14-15H,4-6H2,1-3H3,(H,24,26);1H/t12-,15?;/m0./s1. The number of fused-ring (bicyclic) bond motifs is 2. The fourth-order valence-electron chi connectivity index (χ4n) is 4.02. The monoisotopic (exact) mass is 362 g/mol. The Morgan fingerprint density at radius 1 is 1.30 bits per heavy atom. The van der Waals surface area contributed by atoms with E-state index in [4.69, 9.17) is 4.98 Å². The van der Waals surface area contributed by atoms with Gasteiger partial charge in [0, 0.05) is 30.9 Å². The molecule has 0 radical (unpaired) electrons. The molecule has 3 aromatic heterocycles. The number of nitrogens with one attached hydrogen (secondary N) is 1. The van der Waals surface area contributed by atoms with Crippen LogP contribution >= 0.6 is 0 Å². The zero-order chi connectivity index (χ0) is 18.5. The van der Waals surface area contributed by atoms with Gasteiger partial charge in [-0.15, -0.1) is 5.10 Å². The van der Waals surface area contributed by atoms with Crippen molar-refractivity contribution >= 4 is 22.9 Å². The molecule has 5 rings (SSSR count). The topological polar surface area (TPSA) is 67.5 Å². The number of nitrogens with zero attached hydrogens (tertiary/aromatic N) is 5. The number of aromatic nitrogens is 4. The smallest absolute Gasteiger partial charge is 0.241 e. The molecule has 3 aromatic rings. The highest BCUT2D eigenvalue weighted by Crippen LogP contribution is 2.38. The first-order valence-electron chi connectivity index (χ1n) is 9.81. The zero-order valence-electron chi connectivity index (χ0n) is 16.0. The minimum Gasteiger partial charge on any atom is -0.350 e. The lowest BCUT2D eigenvalue weighted by molar-refractivity contribution is 0.681. The summed E-state index contributed by atoms with van der Waals surface area (Å²) in [6.45, 7) is 6.48. The highest BCUT2D eigenvalue weighted by molar-refractivity contribution is 5.96. The van der Waals surface area contributed by atoms with Crippen LogP contribution in [0.1, 0.15) is 53.1 Å². The average molecular weight is 362 g/mol. The van der Waals surface area contributed by atoms with E-state index < -0.39 is 0 Å². The van der Waals surface area contributed by atoms with Crippen LogP contribution in [0.2, 0.25) is 0 Å². The van der Waals surface area contributed by atoms with Gasteiger partial charge in [0.25, 0.3) is 0 Å². The van der Waals surface area contributed by atoms with E-state index in [9.17, 15) is 0 Å². The van der Waals surface area contributed by atoms with Crippen molar-refractivity contribution in [2.75, 3.05) is 5.32 Å². The van der Waals surface area contributed by atoms with E-state index in [0.29, 0.717) is 17.9 Å². The molecule has 1 saturated carbocycles. The molecule has 1 fully saturated rings. The number of rotatable bonds is 5. The summed E-state index contributed by atoms with van der Waals surface area (Å²) in [5.74, 6) is 1.77. The predicted molar refractivity (Wildman–Crippen MR) is 110 cm³/mol. The molecule has 0 aromatic carbocycles. The second kappa shape index (κ2) is 6.15. The first-order chi connectivity index (χ1) is 13.1. The maximum absolute atomic E-state index is 4.95. The van der Waals surface area contributed by atoms with Crippen LogP contribution in [-0.2, 0) is 0 Å². The number of hydrogen-bond donors (Lipinski definition) is 1. The first kappa shape index (κ1) is 16.4. The van der Waals surface area contributed by atoms with Crippen LogP contribution in [0.4, 0.5) is 11.6 Å². The number of aliphatic imine (C=N–C) groups is 1. The minimum atomic E-state index is 0. The van der Waals surface area contributed by atoms with Crippen molar-refractivity contribution in [1.29, 1.82) is 0 Å². The summed E-state index contributed by atoms with van der Waals surface area (Å²) in [7, 11) is 0. The molecule has 4 heterocycles. The molecule has 0 spiro atoms. The largest absolute Gasteiger partial charge is 0.350 e. The summed E-state index contributed by atoms with van der Waals surface area (Å²) in [5, 5.41) is 8.05. The van der Waals surface area contributed by atoms with Gasteiger partial charge < -0.3 is 5.32 Å². The summed E-state index contributed by atoms with van der Waals surface area (Å²) in [5.41, 5.74) is 6.22. The maximum atomic E-state index is 4.95. The normalized spacial score (nSPS) is 19.8. The molecule has 2 aliphatic rings. The summed E-state index contributed by atoms with van der Waals surface area (Å²) in [4.78, 5) is 14.2. The van der Waals surface area contributed by atoms with E-state index in [1.807, 2.05) is 23.0 Å². The molecule has 6 nitrogen and oxygen atoms in total. The van der Waals surface area contributed by atoms with Gasteiger partial charge in [-0.2, -0.15) is 0 Å². The molecule has 0 bridgehead atoms. The highest BCUT2D eigenvalue weighted by atomic mass is 15.3. The third-order valence-corrected chi connectivity index (χ3v) is 5.82. The lowest BCUT2D eigenvalue weighted by Crippen LogP contribution is -2.19.